The lowest BCUT2D eigenvalue weighted by Gasteiger charge is -2.36. The number of thiocarbonyl (C=S) groups is 1. The fourth-order valence-corrected chi connectivity index (χ4v) is 3.63. The molecular weight excluding hydrogens is 416 g/mol. The Morgan fingerprint density at radius 3 is 2.32 bits per heavy atom. The third kappa shape index (κ3) is 6.21. The summed E-state index contributed by atoms with van der Waals surface area (Å²) in [5.74, 6) is -1.03. The Morgan fingerprint density at radius 2 is 1.74 bits per heavy atom. The van der Waals surface area contributed by atoms with E-state index in [9.17, 15) is 8.78 Å². The van der Waals surface area contributed by atoms with E-state index in [4.69, 9.17) is 5.73 Å². The Bertz CT molecular complexity index is 946. The molecule has 1 heterocycles. The normalized spacial score (nSPS) is 15.5. The number of hydrogen-bond acceptors (Lipinski definition) is 4. The van der Waals surface area contributed by atoms with Gasteiger partial charge in [0, 0.05) is 44.4 Å². The van der Waals surface area contributed by atoms with E-state index >= 15 is 0 Å². The van der Waals surface area contributed by atoms with Gasteiger partial charge in [0.05, 0.1) is 11.9 Å². The first-order valence-corrected chi connectivity index (χ1v) is 10.7. The monoisotopic (exact) mass is 445 g/mol. The summed E-state index contributed by atoms with van der Waals surface area (Å²) in [6, 6.07) is 11.1. The van der Waals surface area contributed by atoms with Gasteiger partial charge in [-0.3, -0.25) is 10.3 Å². The summed E-state index contributed by atoms with van der Waals surface area (Å²) in [5, 5.41) is 3.64. The zero-order chi connectivity index (χ0) is 22.6. The Balaban J connectivity index is 1.59. The second kappa shape index (κ2) is 9.70. The number of nitrogens with two attached hydrogens (primary N) is 1. The molecule has 2 aromatic rings. The summed E-state index contributed by atoms with van der Waals surface area (Å²) < 4.78 is 29.0. The van der Waals surface area contributed by atoms with Crippen molar-refractivity contribution in [2.75, 3.05) is 31.1 Å². The molecule has 0 radical (unpaired) electrons. The van der Waals surface area contributed by atoms with E-state index in [0.717, 1.165) is 31.9 Å². The number of halogens is 2. The summed E-state index contributed by atoms with van der Waals surface area (Å²) in [6.07, 6.45) is 1.16. The highest BCUT2D eigenvalue weighted by Gasteiger charge is 2.21. The number of nitrogens with one attached hydrogen (secondary N) is 1. The molecule has 0 bridgehead atoms. The van der Waals surface area contributed by atoms with E-state index in [1.54, 1.807) is 0 Å². The van der Waals surface area contributed by atoms with Gasteiger partial charge in [0.25, 0.3) is 0 Å². The molecule has 0 spiro atoms. The van der Waals surface area contributed by atoms with Crippen LogP contribution in [0.1, 0.15) is 37.5 Å². The maximum Gasteiger partial charge on any atom is 0.184 e. The van der Waals surface area contributed by atoms with Crippen LogP contribution in [0.25, 0.3) is 0 Å². The zero-order valence-corrected chi connectivity index (χ0v) is 19.0. The van der Waals surface area contributed by atoms with Gasteiger partial charge in [-0.15, -0.1) is 0 Å². The van der Waals surface area contributed by atoms with Crippen LogP contribution in [0.5, 0.6) is 0 Å². The van der Waals surface area contributed by atoms with E-state index in [1.807, 2.05) is 4.90 Å². The van der Waals surface area contributed by atoms with E-state index in [1.165, 1.54) is 17.2 Å². The van der Waals surface area contributed by atoms with Gasteiger partial charge in [-0.2, -0.15) is 5.10 Å². The third-order valence-corrected chi connectivity index (χ3v) is 5.47. The Hall–Kier alpha value is -2.58. The molecule has 0 saturated carbocycles. The molecular formula is C23H29F2N5S. The molecule has 5 nitrogen and oxygen atoms in total. The summed E-state index contributed by atoms with van der Waals surface area (Å²) >= 11 is 4.62. The van der Waals surface area contributed by atoms with Crippen LogP contribution in [-0.2, 0) is 12.0 Å². The number of piperazine rings is 1. The molecule has 0 amide bonds. The molecule has 0 atom stereocenters. The number of hydrazone groups is 1. The van der Waals surface area contributed by atoms with Crippen molar-refractivity contribution in [1.29, 1.82) is 0 Å². The molecule has 2 aromatic carbocycles. The number of rotatable bonds is 5. The van der Waals surface area contributed by atoms with Crippen molar-refractivity contribution in [3.05, 3.63) is 64.7 Å². The van der Waals surface area contributed by atoms with Gasteiger partial charge in [-0.25, -0.2) is 8.78 Å². The minimum atomic E-state index is -0.550. The second-order valence-electron chi connectivity index (χ2n) is 8.77. The predicted molar refractivity (Wildman–Crippen MR) is 127 cm³/mol. The molecule has 3 N–H and O–H groups in total. The molecule has 31 heavy (non-hydrogen) atoms. The average molecular weight is 446 g/mol. The van der Waals surface area contributed by atoms with E-state index in [0.29, 0.717) is 13.1 Å². The highest BCUT2D eigenvalue weighted by Crippen LogP contribution is 2.25. The molecule has 0 aromatic heterocycles. The first kappa shape index (κ1) is 23.1. The van der Waals surface area contributed by atoms with Crippen LogP contribution in [0.4, 0.5) is 14.5 Å². The van der Waals surface area contributed by atoms with Gasteiger partial charge in [0.2, 0.25) is 0 Å². The van der Waals surface area contributed by atoms with Gasteiger partial charge >= 0.3 is 0 Å². The van der Waals surface area contributed by atoms with E-state index in [2.05, 4.69) is 72.7 Å². The number of benzene rings is 2. The minimum Gasteiger partial charge on any atom is -0.375 e. The van der Waals surface area contributed by atoms with Crippen molar-refractivity contribution in [3.63, 3.8) is 0 Å². The number of anilines is 1. The minimum absolute atomic E-state index is 0.0299. The van der Waals surface area contributed by atoms with Gasteiger partial charge in [-0.1, -0.05) is 45.0 Å². The topological polar surface area (TPSA) is 56.9 Å². The first-order valence-electron chi connectivity index (χ1n) is 10.3. The molecule has 3 rings (SSSR count). The molecule has 1 fully saturated rings. The maximum absolute atomic E-state index is 14.6. The van der Waals surface area contributed by atoms with Gasteiger partial charge in [-0.05, 0) is 34.8 Å². The molecule has 8 heteroatoms. The van der Waals surface area contributed by atoms with Crippen LogP contribution in [0.2, 0.25) is 0 Å². The fraction of sp³-hybridized carbons (Fsp3) is 0.391. The highest BCUT2D eigenvalue weighted by atomic mass is 32.1. The third-order valence-electron chi connectivity index (χ3n) is 5.38. The summed E-state index contributed by atoms with van der Waals surface area (Å²) in [5.41, 5.74) is 10.6. The summed E-state index contributed by atoms with van der Waals surface area (Å²) in [6.45, 7) is 10.3. The van der Waals surface area contributed by atoms with Crippen LogP contribution in [0.15, 0.2) is 41.5 Å². The second-order valence-corrected chi connectivity index (χ2v) is 9.21. The smallest absolute Gasteiger partial charge is 0.184 e. The molecule has 1 saturated heterocycles. The molecule has 1 aliphatic rings. The van der Waals surface area contributed by atoms with Crippen LogP contribution in [-0.4, -0.2) is 42.4 Å². The average Bonchev–Trinajstić information content (AvgIpc) is 2.70. The van der Waals surface area contributed by atoms with Gasteiger partial charge in [0.1, 0.15) is 11.6 Å². The molecule has 0 aliphatic carbocycles. The number of hydrogen-bond donors (Lipinski definition) is 2. The van der Waals surface area contributed by atoms with Gasteiger partial charge in [0.15, 0.2) is 5.11 Å². The van der Waals surface area contributed by atoms with Crippen LogP contribution in [0, 0.1) is 11.6 Å². The quantitative estimate of drug-likeness (QED) is 0.417. The maximum atomic E-state index is 14.6. The Morgan fingerprint density at radius 1 is 1.10 bits per heavy atom. The first-order chi connectivity index (χ1) is 14.6. The summed E-state index contributed by atoms with van der Waals surface area (Å²) in [4.78, 5) is 4.21. The van der Waals surface area contributed by atoms with Gasteiger partial charge < -0.3 is 10.6 Å². The molecule has 166 valence electrons. The van der Waals surface area contributed by atoms with Crippen LogP contribution >= 0.6 is 12.2 Å². The molecule has 0 unspecified atom stereocenters. The standard InChI is InChI=1S/C23H29F2N5S/c1-23(2,3)18-6-4-16(5-7-18)15-29-8-10-30(11-9-29)21-13-19(24)17(12-20(21)25)14-27-28-22(26)31/h4-7,12-14H,8-11,15H2,1-3H3,(H3,26,28,31)/b27-14+. The van der Waals surface area contributed by atoms with Crippen molar-refractivity contribution >= 4 is 29.2 Å². The lowest BCUT2D eigenvalue weighted by Crippen LogP contribution is -2.46. The largest absolute Gasteiger partial charge is 0.375 e. The fourth-order valence-electron chi connectivity index (χ4n) is 3.57. The van der Waals surface area contributed by atoms with Crippen molar-refractivity contribution in [2.24, 2.45) is 10.8 Å². The highest BCUT2D eigenvalue weighted by molar-refractivity contribution is 7.80. The van der Waals surface area contributed by atoms with E-state index < -0.39 is 11.6 Å². The van der Waals surface area contributed by atoms with Crippen molar-refractivity contribution in [1.82, 2.24) is 10.3 Å². The number of nitrogens with zero attached hydrogens (tertiary/aromatic N) is 3. The zero-order valence-electron chi connectivity index (χ0n) is 18.2. The summed E-state index contributed by atoms with van der Waals surface area (Å²) in [7, 11) is 0. The van der Waals surface area contributed by atoms with Crippen molar-refractivity contribution in [2.45, 2.75) is 32.7 Å². The lowest BCUT2D eigenvalue weighted by atomic mass is 9.87. The molecule has 1 aliphatic heterocycles. The van der Waals surface area contributed by atoms with E-state index in [-0.39, 0.29) is 21.8 Å². The van der Waals surface area contributed by atoms with Crippen molar-refractivity contribution < 1.29 is 8.78 Å². The Kier molecular flexibility index (Phi) is 7.23. The predicted octanol–water partition coefficient (Wildman–Crippen LogP) is 3.75. The van der Waals surface area contributed by atoms with Crippen molar-refractivity contribution in [3.8, 4) is 0 Å². The Labute approximate surface area is 187 Å². The van der Waals surface area contributed by atoms with Crippen LogP contribution < -0.4 is 16.1 Å². The van der Waals surface area contributed by atoms with Crippen LogP contribution in [0.3, 0.4) is 0 Å². The lowest BCUT2D eigenvalue weighted by molar-refractivity contribution is 0.249. The SMILES string of the molecule is CC(C)(C)c1ccc(CN2CCN(c3cc(F)c(/C=N/NC(N)=S)cc3F)CC2)cc1.